The molecule has 60 valence electrons. The maximum absolute atomic E-state index is 12.6. The van der Waals surface area contributed by atoms with Gasteiger partial charge >= 0.3 is 0 Å². The molecule has 0 saturated carbocycles. The maximum atomic E-state index is 12.6. The second kappa shape index (κ2) is 4.03. The number of benzene rings is 1. The summed E-state index contributed by atoms with van der Waals surface area (Å²) in [5.41, 5.74) is 0.663. The van der Waals surface area contributed by atoms with E-state index in [2.05, 4.69) is 15.9 Å². The van der Waals surface area contributed by atoms with Gasteiger partial charge in [0.1, 0.15) is 5.82 Å². The predicted octanol–water partition coefficient (Wildman–Crippen LogP) is 3.12. The van der Waals surface area contributed by atoms with Crippen molar-refractivity contribution in [3.05, 3.63) is 40.1 Å². The lowest BCUT2D eigenvalue weighted by Crippen LogP contribution is -1.78. The Hall–Kier alpha value is -1.14. The van der Waals surface area contributed by atoms with Crippen molar-refractivity contribution in [2.45, 2.75) is 0 Å². The zero-order valence-corrected chi connectivity index (χ0v) is 7.68. The predicted molar refractivity (Wildman–Crippen MR) is 48.7 cm³/mol. The van der Waals surface area contributed by atoms with E-state index in [-0.39, 0.29) is 5.82 Å². The van der Waals surface area contributed by atoms with Crippen LogP contribution in [0.15, 0.2) is 28.7 Å². The van der Waals surface area contributed by atoms with Crippen molar-refractivity contribution in [2.24, 2.45) is 0 Å². The zero-order chi connectivity index (χ0) is 8.97. The molecule has 0 radical (unpaired) electrons. The van der Waals surface area contributed by atoms with Crippen LogP contribution in [0.2, 0.25) is 0 Å². The van der Waals surface area contributed by atoms with Crippen LogP contribution in [0.3, 0.4) is 0 Å². The number of rotatable bonds is 1. The van der Waals surface area contributed by atoms with Crippen LogP contribution in [-0.2, 0) is 0 Å². The Labute approximate surface area is 78.3 Å². The van der Waals surface area contributed by atoms with Crippen molar-refractivity contribution < 1.29 is 4.39 Å². The maximum Gasteiger partial charge on any atom is 0.123 e. The van der Waals surface area contributed by atoms with Gasteiger partial charge in [-0.3, -0.25) is 0 Å². The summed E-state index contributed by atoms with van der Waals surface area (Å²) in [7, 11) is 0. The van der Waals surface area contributed by atoms with Gasteiger partial charge in [0.15, 0.2) is 0 Å². The van der Waals surface area contributed by atoms with Crippen LogP contribution < -0.4 is 0 Å². The van der Waals surface area contributed by atoms with Gasteiger partial charge in [-0.15, -0.1) is 0 Å². The van der Waals surface area contributed by atoms with Crippen molar-refractivity contribution in [1.82, 2.24) is 0 Å². The summed E-state index contributed by atoms with van der Waals surface area (Å²) in [5, 5.41) is 8.24. The molecule has 0 N–H and O–H groups in total. The molecule has 1 aromatic rings. The molecule has 0 atom stereocenters. The molecule has 1 nitrogen and oxygen atoms in total. The van der Waals surface area contributed by atoms with Crippen molar-refractivity contribution >= 4 is 22.0 Å². The standard InChI is InChI=1S/C9H5BrFN/c10-9-4-3-8(11)6-7(9)2-1-5-12/h1-4,6H. The van der Waals surface area contributed by atoms with Crippen molar-refractivity contribution in [1.29, 1.82) is 5.26 Å². The molecule has 12 heavy (non-hydrogen) atoms. The van der Waals surface area contributed by atoms with Gasteiger partial charge in [-0.25, -0.2) is 4.39 Å². The lowest BCUT2D eigenvalue weighted by Gasteiger charge is -1.96. The molecule has 0 spiro atoms. The Morgan fingerprint density at radius 2 is 2.25 bits per heavy atom. The van der Waals surface area contributed by atoms with Gasteiger partial charge < -0.3 is 0 Å². The molecule has 1 rings (SSSR count). The highest BCUT2D eigenvalue weighted by molar-refractivity contribution is 9.10. The fourth-order valence-corrected chi connectivity index (χ4v) is 1.15. The van der Waals surface area contributed by atoms with E-state index >= 15 is 0 Å². The van der Waals surface area contributed by atoms with E-state index in [9.17, 15) is 4.39 Å². The van der Waals surface area contributed by atoms with Gasteiger partial charge in [0.05, 0.1) is 6.07 Å². The molecule has 0 fully saturated rings. The van der Waals surface area contributed by atoms with Crippen LogP contribution >= 0.6 is 15.9 Å². The van der Waals surface area contributed by atoms with Crippen molar-refractivity contribution in [2.75, 3.05) is 0 Å². The van der Waals surface area contributed by atoms with Gasteiger partial charge in [0.2, 0.25) is 0 Å². The summed E-state index contributed by atoms with van der Waals surface area (Å²) in [4.78, 5) is 0. The fourth-order valence-electron chi connectivity index (χ4n) is 0.769. The average molecular weight is 226 g/mol. The number of nitrogens with zero attached hydrogens (tertiary/aromatic N) is 1. The number of nitriles is 1. The molecule has 0 amide bonds. The van der Waals surface area contributed by atoms with Gasteiger partial charge in [0, 0.05) is 10.5 Å². The Morgan fingerprint density at radius 1 is 1.50 bits per heavy atom. The first-order valence-corrected chi connectivity index (χ1v) is 4.04. The van der Waals surface area contributed by atoms with E-state index in [1.807, 2.05) is 6.07 Å². The molecule has 0 saturated heterocycles. The van der Waals surface area contributed by atoms with Crippen LogP contribution in [-0.4, -0.2) is 0 Å². The summed E-state index contributed by atoms with van der Waals surface area (Å²) >= 11 is 3.23. The van der Waals surface area contributed by atoms with Crippen molar-refractivity contribution in [3.8, 4) is 6.07 Å². The first kappa shape index (κ1) is 8.95. The highest BCUT2D eigenvalue weighted by atomic mass is 79.9. The summed E-state index contributed by atoms with van der Waals surface area (Å²) in [5.74, 6) is -0.309. The summed E-state index contributed by atoms with van der Waals surface area (Å²) in [6, 6.07) is 6.16. The Bertz CT molecular complexity index is 352. The number of hydrogen-bond donors (Lipinski definition) is 0. The van der Waals surface area contributed by atoms with Gasteiger partial charge in [-0.1, -0.05) is 15.9 Å². The molecular formula is C9H5BrFN. The second-order valence-corrected chi connectivity index (χ2v) is 2.98. The van der Waals surface area contributed by atoms with E-state index < -0.39 is 0 Å². The van der Waals surface area contributed by atoms with E-state index in [0.29, 0.717) is 5.56 Å². The molecule has 0 heterocycles. The lowest BCUT2D eigenvalue weighted by atomic mass is 10.2. The molecular weight excluding hydrogens is 221 g/mol. The third-order valence-corrected chi connectivity index (χ3v) is 2.02. The van der Waals surface area contributed by atoms with Gasteiger partial charge in [-0.05, 0) is 29.8 Å². The van der Waals surface area contributed by atoms with Crippen LogP contribution in [0, 0.1) is 17.1 Å². The molecule has 0 aliphatic rings. The van der Waals surface area contributed by atoms with E-state index in [0.717, 1.165) is 4.47 Å². The van der Waals surface area contributed by atoms with E-state index in [1.165, 1.54) is 18.2 Å². The van der Waals surface area contributed by atoms with Crippen LogP contribution in [0.25, 0.3) is 6.08 Å². The molecule has 3 heteroatoms. The lowest BCUT2D eigenvalue weighted by molar-refractivity contribution is 0.627. The van der Waals surface area contributed by atoms with Crippen LogP contribution in [0.4, 0.5) is 4.39 Å². The highest BCUT2D eigenvalue weighted by Gasteiger charge is 1.96. The topological polar surface area (TPSA) is 23.8 Å². The Kier molecular flexibility index (Phi) is 3.01. The minimum absolute atomic E-state index is 0.309. The third kappa shape index (κ3) is 2.18. The monoisotopic (exact) mass is 225 g/mol. The minimum atomic E-state index is -0.309. The molecule has 0 aliphatic carbocycles. The summed E-state index contributed by atoms with van der Waals surface area (Å²) in [6.45, 7) is 0. The Morgan fingerprint density at radius 3 is 2.92 bits per heavy atom. The molecule has 0 aliphatic heterocycles. The number of allylic oxidation sites excluding steroid dienone is 1. The Balaban J connectivity index is 3.07. The third-order valence-electron chi connectivity index (χ3n) is 1.30. The summed E-state index contributed by atoms with van der Waals surface area (Å²) < 4.78 is 13.4. The molecule has 0 bridgehead atoms. The van der Waals surface area contributed by atoms with E-state index in [1.54, 1.807) is 12.1 Å². The molecule has 0 aromatic heterocycles. The first-order valence-electron chi connectivity index (χ1n) is 3.25. The molecule has 1 aromatic carbocycles. The second-order valence-electron chi connectivity index (χ2n) is 2.13. The fraction of sp³-hybridized carbons (Fsp3) is 0. The SMILES string of the molecule is N#CC=Cc1cc(F)ccc1Br. The minimum Gasteiger partial charge on any atom is -0.207 e. The van der Waals surface area contributed by atoms with Gasteiger partial charge in [-0.2, -0.15) is 5.26 Å². The van der Waals surface area contributed by atoms with Crippen LogP contribution in [0.1, 0.15) is 5.56 Å². The van der Waals surface area contributed by atoms with Gasteiger partial charge in [0.25, 0.3) is 0 Å². The van der Waals surface area contributed by atoms with Crippen LogP contribution in [0.5, 0.6) is 0 Å². The number of halogens is 2. The summed E-state index contributed by atoms with van der Waals surface area (Å²) in [6.07, 6.45) is 2.85. The first-order chi connectivity index (χ1) is 5.74. The average Bonchev–Trinajstić information content (AvgIpc) is 2.07. The van der Waals surface area contributed by atoms with Crippen molar-refractivity contribution in [3.63, 3.8) is 0 Å². The normalized spacial score (nSPS) is 10.1. The highest BCUT2D eigenvalue weighted by Crippen LogP contribution is 2.18. The smallest absolute Gasteiger partial charge is 0.123 e. The van der Waals surface area contributed by atoms with E-state index in [4.69, 9.17) is 5.26 Å². The zero-order valence-electron chi connectivity index (χ0n) is 6.09. The molecule has 0 unspecified atom stereocenters. The number of hydrogen-bond acceptors (Lipinski definition) is 1. The quantitative estimate of drug-likeness (QED) is 0.675. The largest absolute Gasteiger partial charge is 0.207 e.